The highest BCUT2D eigenvalue weighted by Crippen LogP contribution is 2.28. The van der Waals surface area contributed by atoms with Crippen LogP contribution in [-0.4, -0.2) is 32.9 Å². The van der Waals surface area contributed by atoms with Crippen LogP contribution in [0.4, 0.5) is 0 Å². The number of hydrogen-bond donors (Lipinski definition) is 2. The first kappa shape index (κ1) is 14.8. The fourth-order valence-electron chi connectivity index (χ4n) is 2.71. The number of carbonyl (C=O) groups excluding carboxylic acids is 1. The molecule has 20 heavy (non-hydrogen) atoms. The van der Waals surface area contributed by atoms with Crippen LogP contribution < -0.4 is 5.32 Å². The van der Waals surface area contributed by atoms with Crippen LogP contribution in [0.1, 0.15) is 42.6 Å². The van der Waals surface area contributed by atoms with E-state index in [1.165, 1.54) is 6.08 Å². The second-order valence-corrected chi connectivity index (χ2v) is 5.69. The topological polar surface area (TPSA) is 67.2 Å². The summed E-state index contributed by atoms with van der Waals surface area (Å²) >= 11 is 0. The normalized spacial score (nSPS) is 17.8. The first-order valence-corrected chi connectivity index (χ1v) is 7.10. The molecule has 1 aromatic rings. The van der Waals surface area contributed by atoms with Crippen LogP contribution in [0, 0.1) is 13.8 Å². The number of nitrogens with one attached hydrogen (secondary N) is 1. The molecule has 1 heterocycles. The predicted molar refractivity (Wildman–Crippen MR) is 78.1 cm³/mol. The fraction of sp³-hybridized carbons (Fsp3) is 0.600. The summed E-state index contributed by atoms with van der Waals surface area (Å²) in [6, 6.07) is 0. The molecule has 110 valence electrons. The van der Waals surface area contributed by atoms with E-state index >= 15 is 0 Å². The van der Waals surface area contributed by atoms with E-state index in [2.05, 4.69) is 10.4 Å². The minimum atomic E-state index is -0.705. The second-order valence-electron chi connectivity index (χ2n) is 5.69. The molecule has 5 nitrogen and oxygen atoms in total. The molecule has 0 saturated heterocycles. The lowest BCUT2D eigenvalue weighted by molar-refractivity contribution is -0.117. The minimum absolute atomic E-state index is 0.173. The Morgan fingerprint density at radius 1 is 1.45 bits per heavy atom. The van der Waals surface area contributed by atoms with Gasteiger partial charge in [-0.1, -0.05) is 12.8 Å². The summed E-state index contributed by atoms with van der Waals surface area (Å²) in [6.07, 6.45) is 6.92. The van der Waals surface area contributed by atoms with Crippen molar-refractivity contribution >= 4 is 12.0 Å². The maximum atomic E-state index is 11.8. The Bertz CT molecular complexity index is 525. The summed E-state index contributed by atoms with van der Waals surface area (Å²) < 4.78 is 1.80. The van der Waals surface area contributed by atoms with Crippen molar-refractivity contribution in [1.29, 1.82) is 0 Å². The number of rotatable bonds is 4. The summed E-state index contributed by atoms with van der Waals surface area (Å²) in [5.74, 6) is -0.173. The molecule has 1 saturated carbocycles. The van der Waals surface area contributed by atoms with Crippen molar-refractivity contribution in [2.24, 2.45) is 7.05 Å². The van der Waals surface area contributed by atoms with Gasteiger partial charge in [0.25, 0.3) is 0 Å². The van der Waals surface area contributed by atoms with Crippen LogP contribution in [-0.2, 0) is 11.8 Å². The average molecular weight is 277 g/mol. The molecule has 0 aliphatic heterocycles. The van der Waals surface area contributed by atoms with Gasteiger partial charge in [0.1, 0.15) is 0 Å². The lowest BCUT2D eigenvalue weighted by Gasteiger charge is -2.21. The average Bonchev–Trinajstić information content (AvgIpc) is 2.92. The first-order valence-electron chi connectivity index (χ1n) is 7.10. The molecule has 0 bridgehead atoms. The van der Waals surface area contributed by atoms with Gasteiger partial charge in [0, 0.05) is 30.9 Å². The van der Waals surface area contributed by atoms with E-state index in [4.69, 9.17) is 0 Å². The maximum absolute atomic E-state index is 11.8. The van der Waals surface area contributed by atoms with Crippen molar-refractivity contribution in [3.63, 3.8) is 0 Å². The second kappa shape index (κ2) is 5.79. The van der Waals surface area contributed by atoms with Crippen LogP contribution in [0.15, 0.2) is 6.08 Å². The van der Waals surface area contributed by atoms with Crippen molar-refractivity contribution < 1.29 is 9.90 Å². The van der Waals surface area contributed by atoms with E-state index in [1.807, 2.05) is 20.9 Å². The molecule has 2 N–H and O–H groups in total. The number of hydrogen-bond acceptors (Lipinski definition) is 3. The largest absolute Gasteiger partial charge is 0.388 e. The van der Waals surface area contributed by atoms with E-state index in [-0.39, 0.29) is 5.91 Å². The summed E-state index contributed by atoms with van der Waals surface area (Å²) in [4.78, 5) is 11.8. The van der Waals surface area contributed by atoms with Crippen LogP contribution in [0.5, 0.6) is 0 Å². The van der Waals surface area contributed by atoms with Crippen molar-refractivity contribution in [3.05, 3.63) is 23.0 Å². The molecule has 1 fully saturated rings. The lowest BCUT2D eigenvalue weighted by Crippen LogP contribution is -2.40. The number of aryl methyl sites for hydroxylation is 2. The number of nitrogens with zero attached hydrogens (tertiary/aromatic N) is 2. The van der Waals surface area contributed by atoms with Gasteiger partial charge in [-0.25, -0.2) is 0 Å². The SMILES string of the molecule is Cc1nn(C)c(C)c1C=CC(=O)NCC1(O)CCCC1. The van der Waals surface area contributed by atoms with Gasteiger partial charge in [0.2, 0.25) is 5.91 Å². The number of carbonyl (C=O) groups is 1. The number of aliphatic hydroxyl groups is 1. The molecule has 0 atom stereocenters. The Labute approximate surface area is 119 Å². The monoisotopic (exact) mass is 277 g/mol. The molecule has 0 aromatic carbocycles. The zero-order valence-corrected chi connectivity index (χ0v) is 12.4. The van der Waals surface area contributed by atoms with Gasteiger partial charge < -0.3 is 10.4 Å². The maximum Gasteiger partial charge on any atom is 0.244 e. The molecule has 1 aliphatic carbocycles. The van der Waals surface area contributed by atoms with Gasteiger partial charge in [-0.05, 0) is 32.8 Å². The third-order valence-electron chi connectivity index (χ3n) is 4.09. The number of aromatic nitrogens is 2. The summed E-state index contributed by atoms with van der Waals surface area (Å²) in [5, 5.41) is 17.2. The van der Waals surface area contributed by atoms with E-state index < -0.39 is 5.60 Å². The van der Waals surface area contributed by atoms with Crippen molar-refractivity contribution in [1.82, 2.24) is 15.1 Å². The van der Waals surface area contributed by atoms with Crippen LogP contribution >= 0.6 is 0 Å². The zero-order chi connectivity index (χ0) is 14.8. The van der Waals surface area contributed by atoms with E-state index in [0.29, 0.717) is 6.54 Å². The highest BCUT2D eigenvalue weighted by molar-refractivity contribution is 5.92. The van der Waals surface area contributed by atoms with Gasteiger partial charge in [-0.2, -0.15) is 5.10 Å². The molecule has 1 amide bonds. The standard InChI is InChI=1S/C15H23N3O2/c1-11-13(12(2)18(3)17-11)6-7-14(19)16-10-15(20)8-4-5-9-15/h6-7,20H,4-5,8-10H2,1-3H3,(H,16,19). The quantitative estimate of drug-likeness (QED) is 0.819. The van der Waals surface area contributed by atoms with Gasteiger partial charge in [0.15, 0.2) is 0 Å². The Hall–Kier alpha value is -1.62. The summed E-state index contributed by atoms with van der Waals surface area (Å²) in [5.41, 5.74) is 2.20. The molecule has 0 unspecified atom stereocenters. The molecule has 0 radical (unpaired) electrons. The predicted octanol–water partition coefficient (Wildman–Crippen LogP) is 1.47. The molecular formula is C15H23N3O2. The summed E-state index contributed by atoms with van der Waals surface area (Å²) in [6.45, 7) is 4.23. The van der Waals surface area contributed by atoms with E-state index in [9.17, 15) is 9.90 Å². The highest BCUT2D eigenvalue weighted by Gasteiger charge is 2.30. The third-order valence-corrected chi connectivity index (χ3v) is 4.09. The molecule has 1 aliphatic rings. The molecular weight excluding hydrogens is 254 g/mol. The van der Waals surface area contributed by atoms with E-state index in [0.717, 1.165) is 42.6 Å². The van der Waals surface area contributed by atoms with Crippen LogP contribution in [0.2, 0.25) is 0 Å². The Morgan fingerprint density at radius 3 is 2.65 bits per heavy atom. The lowest BCUT2D eigenvalue weighted by atomic mass is 10.0. The summed E-state index contributed by atoms with van der Waals surface area (Å²) in [7, 11) is 1.88. The van der Waals surface area contributed by atoms with Gasteiger partial charge in [-0.3, -0.25) is 9.48 Å². The van der Waals surface area contributed by atoms with Crippen LogP contribution in [0.25, 0.3) is 6.08 Å². The molecule has 5 heteroatoms. The van der Waals surface area contributed by atoms with Crippen molar-refractivity contribution in [2.45, 2.75) is 45.1 Å². The van der Waals surface area contributed by atoms with Gasteiger partial charge >= 0.3 is 0 Å². The Balaban J connectivity index is 1.92. The number of amides is 1. The Kier molecular flexibility index (Phi) is 4.28. The first-order chi connectivity index (χ1) is 9.41. The van der Waals surface area contributed by atoms with Gasteiger partial charge in [0.05, 0.1) is 11.3 Å². The smallest absolute Gasteiger partial charge is 0.244 e. The fourth-order valence-corrected chi connectivity index (χ4v) is 2.71. The van der Waals surface area contributed by atoms with Gasteiger partial charge in [-0.15, -0.1) is 0 Å². The minimum Gasteiger partial charge on any atom is -0.388 e. The zero-order valence-electron chi connectivity index (χ0n) is 12.4. The molecule has 1 aromatic heterocycles. The third kappa shape index (κ3) is 3.28. The highest BCUT2D eigenvalue weighted by atomic mass is 16.3. The molecule has 2 rings (SSSR count). The van der Waals surface area contributed by atoms with Crippen LogP contribution in [0.3, 0.4) is 0 Å². The van der Waals surface area contributed by atoms with Crippen molar-refractivity contribution in [2.75, 3.05) is 6.54 Å². The van der Waals surface area contributed by atoms with Crippen molar-refractivity contribution in [3.8, 4) is 0 Å². The Morgan fingerprint density at radius 2 is 2.10 bits per heavy atom. The molecule has 0 spiro atoms. The van der Waals surface area contributed by atoms with E-state index in [1.54, 1.807) is 10.8 Å².